The molecule has 0 aromatic heterocycles. The number of rotatable bonds is 4. The highest BCUT2D eigenvalue weighted by molar-refractivity contribution is 5.89. The number of nitrogens with one attached hydrogen (secondary N) is 2. The Labute approximate surface area is 95.7 Å². The second-order valence-corrected chi connectivity index (χ2v) is 3.68. The monoisotopic (exact) mass is 222 g/mol. The maximum absolute atomic E-state index is 11.4. The molecular formula is C12H18N2O2. The van der Waals surface area contributed by atoms with Crippen molar-refractivity contribution in [1.82, 2.24) is 5.32 Å². The van der Waals surface area contributed by atoms with Gasteiger partial charge in [0.15, 0.2) is 0 Å². The average Bonchev–Trinajstić information content (AvgIpc) is 2.26. The van der Waals surface area contributed by atoms with Gasteiger partial charge in [-0.3, -0.25) is 0 Å². The van der Waals surface area contributed by atoms with Crippen LogP contribution in [0.2, 0.25) is 0 Å². The summed E-state index contributed by atoms with van der Waals surface area (Å²) in [5.74, 6) is 0. The van der Waals surface area contributed by atoms with Crippen LogP contribution >= 0.6 is 0 Å². The van der Waals surface area contributed by atoms with Gasteiger partial charge in [-0.25, -0.2) is 4.79 Å². The molecule has 0 fully saturated rings. The highest BCUT2D eigenvalue weighted by Gasteiger charge is 2.03. The Morgan fingerprint density at radius 2 is 2.25 bits per heavy atom. The molecule has 0 aliphatic heterocycles. The molecule has 0 bridgehead atoms. The van der Waals surface area contributed by atoms with Crippen LogP contribution < -0.4 is 10.6 Å². The Bertz CT molecular complexity index is 351. The smallest absolute Gasteiger partial charge is 0.319 e. The third-order valence-electron chi connectivity index (χ3n) is 2.16. The van der Waals surface area contributed by atoms with E-state index in [1.165, 1.54) is 0 Å². The minimum absolute atomic E-state index is 0.218. The molecule has 1 atom stereocenters. The lowest BCUT2D eigenvalue weighted by Gasteiger charge is -2.09. The first-order chi connectivity index (χ1) is 7.63. The highest BCUT2D eigenvalue weighted by Crippen LogP contribution is 2.16. The molecule has 1 aromatic carbocycles. The molecule has 2 amide bonds. The van der Waals surface area contributed by atoms with Crippen LogP contribution in [0.1, 0.15) is 31.9 Å². The number of aliphatic hydroxyl groups is 1. The number of aliphatic hydroxyl groups excluding tert-OH is 1. The number of hydrogen-bond acceptors (Lipinski definition) is 2. The molecule has 0 radical (unpaired) electrons. The summed E-state index contributed by atoms with van der Waals surface area (Å²) in [7, 11) is 0. The number of hydrogen-bond donors (Lipinski definition) is 3. The van der Waals surface area contributed by atoms with Crippen molar-refractivity contribution < 1.29 is 9.90 Å². The number of amides is 2. The lowest BCUT2D eigenvalue weighted by Crippen LogP contribution is -2.29. The van der Waals surface area contributed by atoms with Crippen molar-refractivity contribution in [3.8, 4) is 0 Å². The number of benzene rings is 1. The fraction of sp³-hybridized carbons (Fsp3) is 0.417. The van der Waals surface area contributed by atoms with Crippen LogP contribution in [0.4, 0.5) is 10.5 Å². The molecule has 4 nitrogen and oxygen atoms in total. The summed E-state index contributed by atoms with van der Waals surface area (Å²) >= 11 is 0. The number of anilines is 1. The van der Waals surface area contributed by atoms with E-state index in [9.17, 15) is 9.90 Å². The van der Waals surface area contributed by atoms with Crippen molar-refractivity contribution in [1.29, 1.82) is 0 Å². The van der Waals surface area contributed by atoms with Gasteiger partial charge in [-0.2, -0.15) is 0 Å². The van der Waals surface area contributed by atoms with E-state index in [-0.39, 0.29) is 6.03 Å². The maximum atomic E-state index is 11.4. The molecule has 1 rings (SSSR count). The fourth-order valence-corrected chi connectivity index (χ4v) is 1.29. The summed E-state index contributed by atoms with van der Waals surface area (Å²) in [6.45, 7) is 4.34. The van der Waals surface area contributed by atoms with Gasteiger partial charge in [-0.15, -0.1) is 0 Å². The standard InChI is InChI=1S/C12H18N2O2/c1-3-7-13-12(16)14-11-6-4-5-10(8-11)9(2)15/h4-6,8-9,15H,3,7H2,1-2H3,(H2,13,14,16). The topological polar surface area (TPSA) is 61.4 Å². The lowest BCUT2D eigenvalue weighted by atomic mass is 10.1. The zero-order chi connectivity index (χ0) is 12.0. The Balaban J connectivity index is 2.59. The Kier molecular flexibility index (Phi) is 4.79. The number of urea groups is 1. The van der Waals surface area contributed by atoms with E-state index < -0.39 is 6.10 Å². The minimum Gasteiger partial charge on any atom is -0.389 e. The van der Waals surface area contributed by atoms with Gasteiger partial charge in [0.1, 0.15) is 0 Å². The summed E-state index contributed by atoms with van der Waals surface area (Å²) in [6.07, 6.45) is 0.377. The van der Waals surface area contributed by atoms with Crippen molar-refractivity contribution in [3.05, 3.63) is 29.8 Å². The van der Waals surface area contributed by atoms with E-state index in [0.29, 0.717) is 12.2 Å². The zero-order valence-corrected chi connectivity index (χ0v) is 9.66. The zero-order valence-electron chi connectivity index (χ0n) is 9.66. The lowest BCUT2D eigenvalue weighted by molar-refractivity contribution is 0.199. The first-order valence-corrected chi connectivity index (χ1v) is 5.46. The molecule has 4 heteroatoms. The predicted octanol–water partition coefficient (Wildman–Crippen LogP) is 2.27. The normalized spacial score (nSPS) is 11.9. The van der Waals surface area contributed by atoms with Gasteiger partial charge in [0.25, 0.3) is 0 Å². The molecule has 1 unspecified atom stereocenters. The van der Waals surface area contributed by atoms with Crippen molar-refractivity contribution in [2.75, 3.05) is 11.9 Å². The van der Waals surface area contributed by atoms with E-state index in [4.69, 9.17) is 0 Å². The molecule has 0 aliphatic rings. The minimum atomic E-state index is -0.527. The molecule has 0 saturated carbocycles. The van der Waals surface area contributed by atoms with E-state index in [1.807, 2.05) is 13.0 Å². The molecule has 0 aliphatic carbocycles. The van der Waals surface area contributed by atoms with Crippen LogP contribution in [-0.4, -0.2) is 17.7 Å². The quantitative estimate of drug-likeness (QED) is 0.731. The van der Waals surface area contributed by atoms with Crippen LogP contribution in [0.3, 0.4) is 0 Å². The Hall–Kier alpha value is -1.55. The van der Waals surface area contributed by atoms with Crippen LogP contribution in [0.5, 0.6) is 0 Å². The second-order valence-electron chi connectivity index (χ2n) is 3.68. The van der Waals surface area contributed by atoms with Crippen LogP contribution in [0, 0.1) is 0 Å². The van der Waals surface area contributed by atoms with Crippen molar-refractivity contribution in [2.24, 2.45) is 0 Å². The van der Waals surface area contributed by atoms with E-state index in [2.05, 4.69) is 10.6 Å². The molecular weight excluding hydrogens is 204 g/mol. The molecule has 1 aromatic rings. The molecule has 0 saturated heterocycles. The van der Waals surface area contributed by atoms with Crippen molar-refractivity contribution >= 4 is 11.7 Å². The highest BCUT2D eigenvalue weighted by atomic mass is 16.3. The molecule has 0 heterocycles. The Morgan fingerprint density at radius 1 is 1.50 bits per heavy atom. The predicted molar refractivity (Wildman–Crippen MR) is 64.4 cm³/mol. The van der Waals surface area contributed by atoms with Crippen molar-refractivity contribution in [2.45, 2.75) is 26.4 Å². The molecule has 16 heavy (non-hydrogen) atoms. The summed E-state index contributed by atoms with van der Waals surface area (Å²) in [4.78, 5) is 11.4. The van der Waals surface area contributed by atoms with Gasteiger partial charge in [0.2, 0.25) is 0 Å². The third-order valence-corrected chi connectivity index (χ3v) is 2.16. The summed E-state index contributed by atoms with van der Waals surface area (Å²) in [6, 6.07) is 6.95. The van der Waals surface area contributed by atoms with Gasteiger partial charge in [0.05, 0.1) is 6.10 Å². The van der Waals surface area contributed by atoms with Gasteiger partial charge in [-0.1, -0.05) is 19.1 Å². The molecule has 3 N–H and O–H groups in total. The summed E-state index contributed by atoms with van der Waals surface area (Å²) in [5, 5.41) is 14.8. The van der Waals surface area contributed by atoms with E-state index in [1.54, 1.807) is 25.1 Å². The maximum Gasteiger partial charge on any atom is 0.319 e. The third kappa shape index (κ3) is 3.90. The van der Waals surface area contributed by atoms with Gasteiger partial charge in [-0.05, 0) is 31.0 Å². The van der Waals surface area contributed by atoms with Crippen LogP contribution in [0.15, 0.2) is 24.3 Å². The fourth-order valence-electron chi connectivity index (χ4n) is 1.29. The Morgan fingerprint density at radius 3 is 2.88 bits per heavy atom. The van der Waals surface area contributed by atoms with Gasteiger partial charge >= 0.3 is 6.03 Å². The van der Waals surface area contributed by atoms with Crippen molar-refractivity contribution in [3.63, 3.8) is 0 Å². The number of carbonyl (C=O) groups is 1. The summed E-state index contributed by atoms with van der Waals surface area (Å²) < 4.78 is 0. The number of carbonyl (C=O) groups excluding carboxylic acids is 1. The van der Waals surface area contributed by atoms with Gasteiger partial charge < -0.3 is 15.7 Å². The van der Waals surface area contributed by atoms with E-state index >= 15 is 0 Å². The SMILES string of the molecule is CCCNC(=O)Nc1cccc(C(C)O)c1. The molecule has 0 spiro atoms. The van der Waals surface area contributed by atoms with Crippen LogP contribution in [-0.2, 0) is 0 Å². The molecule has 88 valence electrons. The largest absolute Gasteiger partial charge is 0.389 e. The first-order valence-electron chi connectivity index (χ1n) is 5.46. The van der Waals surface area contributed by atoms with E-state index in [0.717, 1.165) is 12.0 Å². The first kappa shape index (κ1) is 12.5. The van der Waals surface area contributed by atoms with Gasteiger partial charge in [0, 0.05) is 12.2 Å². The second kappa shape index (κ2) is 6.12. The average molecular weight is 222 g/mol. The van der Waals surface area contributed by atoms with Crippen LogP contribution in [0.25, 0.3) is 0 Å². The summed E-state index contributed by atoms with van der Waals surface area (Å²) in [5.41, 5.74) is 1.47.